The van der Waals surface area contributed by atoms with E-state index in [1.54, 1.807) is 0 Å². The van der Waals surface area contributed by atoms with E-state index in [9.17, 15) is 18.1 Å². The fourth-order valence-corrected chi connectivity index (χ4v) is 4.24. The molecule has 0 radical (unpaired) electrons. The van der Waals surface area contributed by atoms with Gasteiger partial charge in [0.1, 0.15) is 0 Å². The van der Waals surface area contributed by atoms with E-state index in [4.69, 9.17) is 0 Å². The molecule has 0 aromatic rings. The Kier molecular flexibility index (Phi) is 27.9. The van der Waals surface area contributed by atoms with E-state index >= 15 is 0 Å². The predicted octanol–water partition coefficient (Wildman–Crippen LogP) is 2.92. The maximum Gasteiger partial charge on any atom is 1.00 e. The first kappa shape index (κ1) is 34.0. The van der Waals surface area contributed by atoms with Gasteiger partial charge < -0.3 is 15.0 Å². The van der Waals surface area contributed by atoms with Crippen molar-refractivity contribution in [3.63, 3.8) is 0 Å². The summed E-state index contributed by atoms with van der Waals surface area (Å²) in [5.41, 5.74) is 0. The maximum absolute atomic E-state index is 10.5. The molecule has 1 atom stereocenters. The molecule has 0 aliphatic rings. The van der Waals surface area contributed by atoms with Crippen molar-refractivity contribution in [2.24, 2.45) is 0 Å². The van der Waals surface area contributed by atoms with Gasteiger partial charge in [-0.3, -0.25) is 0 Å². The average Bonchev–Trinajstić information content (AvgIpc) is 2.69. The van der Waals surface area contributed by atoms with Gasteiger partial charge in [0.05, 0.1) is 22.0 Å². The van der Waals surface area contributed by atoms with Crippen LogP contribution in [0.2, 0.25) is 0 Å². The van der Waals surface area contributed by atoms with Crippen LogP contribution in [0.3, 0.4) is 0 Å². The van der Waals surface area contributed by atoms with Gasteiger partial charge in [0.25, 0.3) is 0 Å². The van der Waals surface area contributed by atoms with Gasteiger partial charge in [-0.15, -0.1) is 0 Å². The summed E-state index contributed by atoms with van der Waals surface area (Å²) in [5, 5.41) is 12.6. The van der Waals surface area contributed by atoms with E-state index in [0.717, 1.165) is 19.3 Å². The quantitative estimate of drug-likeness (QED) is 0.128. The zero-order valence-electron chi connectivity index (χ0n) is 20.7. The second-order valence-corrected chi connectivity index (χ2v) is 10.4. The molecular formula is C24H50NNaO4S. The number of unbranched alkanes of at least 4 members (excludes halogenated alkanes) is 17. The molecule has 0 aromatic carbocycles. The molecule has 1 unspecified atom stereocenters. The largest absolute Gasteiger partial charge is 1.00 e. The van der Waals surface area contributed by atoms with Crippen LogP contribution in [-0.4, -0.2) is 43.0 Å². The third-order valence-corrected chi connectivity index (χ3v) is 6.50. The van der Waals surface area contributed by atoms with Crippen molar-refractivity contribution < 1.29 is 47.6 Å². The fraction of sp³-hybridized carbons (Fsp3) is 1.00. The van der Waals surface area contributed by atoms with Gasteiger partial charge in [-0.25, -0.2) is 8.42 Å². The summed E-state index contributed by atoms with van der Waals surface area (Å²) in [6, 6.07) is 0. The van der Waals surface area contributed by atoms with Crippen molar-refractivity contribution in [1.82, 2.24) is 5.32 Å². The zero-order valence-corrected chi connectivity index (χ0v) is 23.5. The summed E-state index contributed by atoms with van der Waals surface area (Å²) in [5.74, 6) is -0.418. The summed E-state index contributed by atoms with van der Waals surface area (Å²) >= 11 is 0. The van der Waals surface area contributed by atoms with Crippen molar-refractivity contribution in [3.8, 4) is 0 Å². The van der Waals surface area contributed by atoms with E-state index in [-0.39, 0.29) is 36.1 Å². The Morgan fingerprint density at radius 3 is 1.42 bits per heavy atom. The summed E-state index contributed by atoms with van der Waals surface area (Å²) < 4.78 is 31.4. The van der Waals surface area contributed by atoms with E-state index < -0.39 is 22.0 Å². The summed E-state index contributed by atoms with van der Waals surface area (Å²) in [4.78, 5) is 0. The molecule has 0 aromatic heterocycles. The minimum Gasteiger partial charge on any atom is -0.748 e. The van der Waals surface area contributed by atoms with Crippen LogP contribution in [0.1, 0.15) is 129 Å². The number of nitrogens with one attached hydrogen (secondary N) is 1. The van der Waals surface area contributed by atoms with Crippen LogP contribution in [0.25, 0.3) is 0 Å². The Bertz CT molecular complexity index is 449. The Hall–Kier alpha value is 0.830. The van der Waals surface area contributed by atoms with E-state index in [1.165, 1.54) is 103 Å². The minimum absolute atomic E-state index is 0. The van der Waals surface area contributed by atoms with Crippen molar-refractivity contribution >= 4 is 10.1 Å². The van der Waals surface area contributed by atoms with E-state index in [0.29, 0.717) is 6.54 Å². The van der Waals surface area contributed by atoms with Crippen molar-refractivity contribution in [2.45, 2.75) is 135 Å². The average molecular weight is 472 g/mol. The molecule has 7 heteroatoms. The van der Waals surface area contributed by atoms with Gasteiger partial charge in [-0.05, 0) is 6.42 Å². The number of aliphatic hydroxyl groups is 1. The first-order chi connectivity index (χ1) is 14.5. The Morgan fingerprint density at radius 2 is 1.06 bits per heavy atom. The molecule has 2 N–H and O–H groups in total. The van der Waals surface area contributed by atoms with Gasteiger partial charge in [-0.2, -0.15) is 0 Å². The van der Waals surface area contributed by atoms with Gasteiger partial charge >= 0.3 is 29.6 Å². The van der Waals surface area contributed by atoms with Gasteiger partial charge in [-0.1, -0.05) is 122 Å². The maximum atomic E-state index is 10.5. The Balaban J connectivity index is 0. The number of rotatable bonds is 24. The molecule has 0 fully saturated rings. The molecule has 0 spiro atoms. The molecule has 5 nitrogen and oxygen atoms in total. The van der Waals surface area contributed by atoms with Crippen LogP contribution in [0.15, 0.2) is 0 Å². The summed E-state index contributed by atoms with van der Waals surface area (Å²) in [7, 11) is -4.16. The molecular weight excluding hydrogens is 421 g/mol. The van der Waals surface area contributed by atoms with Crippen LogP contribution in [0.4, 0.5) is 0 Å². The third-order valence-electron chi connectivity index (χ3n) is 5.80. The van der Waals surface area contributed by atoms with E-state index in [2.05, 4.69) is 12.2 Å². The van der Waals surface area contributed by atoms with Crippen LogP contribution in [0.5, 0.6) is 0 Å². The second kappa shape index (κ2) is 25.5. The zero-order chi connectivity index (χ0) is 22.3. The first-order valence-corrected chi connectivity index (χ1v) is 14.4. The molecule has 0 rings (SSSR count). The van der Waals surface area contributed by atoms with Crippen LogP contribution in [-0.2, 0) is 10.1 Å². The molecule has 0 aliphatic carbocycles. The molecule has 182 valence electrons. The minimum atomic E-state index is -4.16. The second-order valence-electron chi connectivity index (χ2n) is 8.92. The number of hydrogen-bond acceptors (Lipinski definition) is 5. The Labute approximate surface area is 216 Å². The van der Waals surface area contributed by atoms with Crippen molar-refractivity contribution in [3.05, 3.63) is 0 Å². The molecule has 0 amide bonds. The smallest absolute Gasteiger partial charge is 0.748 e. The normalized spacial score (nSPS) is 12.6. The molecule has 0 aliphatic heterocycles. The van der Waals surface area contributed by atoms with Crippen LogP contribution in [0, 0.1) is 0 Å². The van der Waals surface area contributed by atoms with Crippen molar-refractivity contribution in [1.29, 1.82) is 0 Å². The molecule has 0 bridgehead atoms. The molecule has 31 heavy (non-hydrogen) atoms. The number of hydrogen-bond donors (Lipinski definition) is 2. The summed E-state index contributed by atoms with van der Waals surface area (Å²) in [6.07, 6.45) is 24.5. The van der Waals surface area contributed by atoms with Gasteiger partial charge in [0.15, 0.2) is 0 Å². The number of aliphatic hydroxyl groups excluding tert-OH is 1. The Morgan fingerprint density at radius 1 is 0.710 bits per heavy atom. The molecule has 0 heterocycles. The topological polar surface area (TPSA) is 89.5 Å². The molecule has 0 saturated heterocycles. The molecule has 0 saturated carbocycles. The fourth-order valence-electron chi connectivity index (χ4n) is 3.85. The van der Waals surface area contributed by atoms with Crippen LogP contribution >= 0.6 is 0 Å². The van der Waals surface area contributed by atoms with E-state index in [1.807, 2.05) is 0 Å². The first-order valence-electron chi connectivity index (χ1n) is 12.8. The standard InChI is InChI=1S/C24H51NO4S.Na/c1-2-3-4-5-6-7-8-9-10-11-12-13-14-15-16-17-18-19-20-24(26)23-25-21-22-30(27,28)29;/h24-26H,2-23H2,1H3,(H,27,28,29);/q;+1/p-1. The third kappa shape index (κ3) is 30.8. The van der Waals surface area contributed by atoms with Gasteiger partial charge in [0, 0.05) is 13.1 Å². The van der Waals surface area contributed by atoms with Gasteiger partial charge in [0.2, 0.25) is 0 Å². The monoisotopic (exact) mass is 471 g/mol. The summed E-state index contributed by atoms with van der Waals surface area (Å²) in [6.45, 7) is 2.74. The van der Waals surface area contributed by atoms with Crippen molar-refractivity contribution in [2.75, 3.05) is 18.8 Å². The predicted molar refractivity (Wildman–Crippen MR) is 127 cm³/mol. The SMILES string of the molecule is CCCCCCCCCCCCCCCCCCCCC(O)CNCCS(=O)(=O)[O-].[Na+]. The van der Waals surface area contributed by atoms with Crippen LogP contribution < -0.4 is 34.9 Å².